The third-order valence-corrected chi connectivity index (χ3v) is 5.05. The second kappa shape index (κ2) is 12.1. The smallest absolute Gasteiger partial charge is 0.337 e. The molecule has 11 heteroatoms. The predicted molar refractivity (Wildman–Crippen MR) is 131 cm³/mol. The molecular formula is C21H22Cl3N3O4S. The Morgan fingerprint density at radius 3 is 2.19 bits per heavy atom. The van der Waals surface area contributed by atoms with Crippen molar-refractivity contribution in [3.8, 4) is 5.75 Å². The summed E-state index contributed by atoms with van der Waals surface area (Å²) in [4.78, 5) is 23.8. The third-order valence-electron chi connectivity index (χ3n) is 4.17. The van der Waals surface area contributed by atoms with E-state index in [2.05, 4.69) is 20.7 Å². The van der Waals surface area contributed by atoms with Crippen molar-refractivity contribution >= 4 is 69.7 Å². The molecule has 1 atom stereocenters. The maximum Gasteiger partial charge on any atom is 0.337 e. The van der Waals surface area contributed by atoms with Gasteiger partial charge in [-0.3, -0.25) is 4.79 Å². The van der Waals surface area contributed by atoms with E-state index in [0.29, 0.717) is 17.0 Å². The highest BCUT2D eigenvalue weighted by atomic mass is 35.6. The minimum absolute atomic E-state index is 0.0866. The maximum atomic E-state index is 12.3. The van der Waals surface area contributed by atoms with Crippen molar-refractivity contribution in [2.24, 2.45) is 0 Å². The van der Waals surface area contributed by atoms with Crippen LogP contribution in [0.15, 0.2) is 48.5 Å². The molecule has 0 aromatic heterocycles. The number of ether oxygens (including phenoxy) is 2. The molecule has 0 fully saturated rings. The number of carbonyl (C=O) groups excluding carboxylic acids is 2. The van der Waals surface area contributed by atoms with E-state index in [1.165, 1.54) is 7.11 Å². The lowest BCUT2D eigenvalue weighted by molar-refractivity contribution is -0.123. The summed E-state index contributed by atoms with van der Waals surface area (Å²) in [6.07, 6.45) is -0.235. The molecule has 0 aliphatic heterocycles. The second-order valence-electron chi connectivity index (χ2n) is 6.50. The van der Waals surface area contributed by atoms with E-state index >= 15 is 0 Å². The molecule has 0 aliphatic rings. The van der Waals surface area contributed by atoms with Crippen molar-refractivity contribution in [2.45, 2.75) is 23.3 Å². The van der Waals surface area contributed by atoms with Gasteiger partial charge in [0.05, 0.1) is 12.7 Å². The summed E-state index contributed by atoms with van der Waals surface area (Å²) >= 11 is 23.2. The van der Waals surface area contributed by atoms with E-state index in [4.69, 9.17) is 51.8 Å². The first kappa shape index (κ1) is 26.0. The molecule has 7 nitrogen and oxygen atoms in total. The number of rotatable bonds is 8. The van der Waals surface area contributed by atoms with E-state index < -0.39 is 21.8 Å². The van der Waals surface area contributed by atoms with Gasteiger partial charge in [0.2, 0.25) is 3.79 Å². The van der Waals surface area contributed by atoms with Gasteiger partial charge in [-0.25, -0.2) is 4.79 Å². The number of alkyl halides is 3. The van der Waals surface area contributed by atoms with E-state index in [1.807, 2.05) is 19.1 Å². The van der Waals surface area contributed by atoms with Gasteiger partial charge in [-0.1, -0.05) is 53.9 Å². The zero-order chi connectivity index (χ0) is 23.7. The highest BCUT2D eigenvalue weighted by Crippen LogP contribution is 2.29. The molecule has 0 saturated carbocycles. The molecule has 0 bridgehead atoms. The summed E-state index contributed by atoms with van der Waals surface area (Å²) in [6, 6.07) is 13.8. The van der Waals surface area contributed by atoms with Crippen molar-refractivity contribution in [1.29, 1.82) is 0 Å². The number of methoxy groups -OCH3 is 1. The molecule has 2 rings (SSSR count). The van der Waals surface area contributed by atoms with E-state index in [0.717, 1.165) is 12.0 Å². The summed E-state index contributed by atoms with van der Waals surface area (Å²) in [6.45, 7) is 1.77. The van der Waals surface area contributed by atoms with Gasteiger partial charge in [0.15, 0.2) is 11.7 Å². The average Bonchev–Trinajstić information content (AvgIpc) is 2.77. The van der Waals surface area contributed by atoms with Crippen molar-refractivity contribution < 1.29 is 19.1 Å². The van der Waals surface area contributed by atoms with Crippen LogP contribution >= 0.6 is 47.0 Å². The molecule has 0 saturated heterocycles. The molecule has 172 valence electrons. The Balaban J connectivity index is 1.92. The molecule has 0 spiro atoms. The maximum absolute atomic E-state index is 12.3. The molecule has 0 radical (unpaired) electrons. The molecule has 2 aromatic carbocycles. The molecule has 1 amide bonds. The fourth-order valence-corrected chi connectivity index (χ4v) is 3.04. The number of esters is 1. The lowest BCUT2D eigenvalue weighted by Crippen LogP contribution is -2.56. The van der Waals surface area contributed by atoms with Crippen molar-refractivity contribution in [3.05, 3.63) is 59.7 Å². The van der Waals surface area contributed by atoms with Crippen LogP contribution in [-0.2, 0) is 16.0 Å². The minimum Gasteiger partial charge on any atom is -0.484 e. The van der Waals surface area contributed by atoms with Gasteiger partial charge < -0.3 is 25.4 Å². The number of hydrogen-bond acceptors (Lipinski definition) is 5. The van der Waals surface area contributed by atoms with Crippen LogP contribution in [0.4, 0.5) is 5.69 Å². The molecular weight excluding hydrogens is 497 g/mol. The lowest BCUT2D eigenvalue weighted by Gasteiger charge is -2.27. The molecule has 32 heavy (non-hydrogen) atoms. The number of aryl methyl sites for hydroxylation is 1. The first-order valence-electron chi connectivity index (χ1n) is 9.46. The number of amides is 1. The summed E-state index contributed by atoms with van der Waals surface area (Å²) < 4.78 is 8.21. The number of benzene rings is 2. The van der Waals surface area contributed by atoms with Crippen LogP contribution in [0.2, 0.25) is 0 Å². The van der Waals surface area contributed by atoms with Gasteiger partial charge >= 0.3 is 5.97 Å². The van der Waals surface area contributed by atoms with Gasteiger partial charge in [0, 0.05) is 5.69 Å². The van der Waals surface area contributed by atoms with E-state index in [1.54, 1.807) is 36.4 Å². The number of hydrogen-bond donors (Lipinski definition) is 3. The zero-order valence-corrected chi connectivity index (χ0v) is 20.4. The first-order chi connectivity index (χ1) is 15.1. The summed E-state index contributed by atoms with van der Waals surface area (Å²) in [5.41, 5.74) is 2.11. The fraction of sp³-hybridized carbons (Fsp3) is 0.286. The highest BCUT2D eigenvalue weighted by molar-refractivity contribution is 7.80. The number of halogens is 3. The van der Waals surface area contributed by atoms with Crippen LogP contribution in [0.1, 0.15) is 22.8 Å². The summed E-state index contributed by atoms with van der Waals surface area (Å²) in [5.74, 6) is -0.429. The minimum atomic E-state index is -1.90. The Hall–Kier alpha value is -2.26. The Bertz CT molecular complexity index is 935. The molecule has 1 unspecified atom stereocenters. The normalized spacial score (nSPS) is 11.8. The predicted octanol–water partition coefficient (Wildman–Crippen LogP) is 4.21. The van der Waals surface area contributed by atoms with Crippen LogP contribution in [0.3, 0.4) is 0 Å². The Labute approximate surface area is 206 Å². The van der Waals surface area contributed by atoms with Gasteiger partial charge in [0.1, 0.15) is 11.9 Å². The van der Waals surface area contributed by atoms with Crippen LogP contribution in [-0.4, -0.2) is 40.7 Å². The van der Waals surface area contributed by atoms with Crippen molar-refractivity contribution in [2.75, 3.05) is 19.0 Å². The summed E-state index contributed by atoms with van der Waals surface area (Å²) in [5, 5.41) is 8.25. The van der Waals surface area contributed by atoms with Gasteiger partial charge in [-0.15, -0.1) is 0 Å². The Morgan fingerprint density at radius 2 is 1.66 bits per heavy atom. The molecule has 0 aliphatic carbocycles. The van der Waals surface area contributed by atoms with Crippen LogP contribution < -0.4 is 20.7 Å². The third kappa shape index (κ3) is 8.35. The molecule has 3 N–H and O–H groups in total. The number of nitrogens with one attached hydrogen (secondary N) is 3. The molecule has 0 heterocycles. The quantitative estimate of drug-likeness (QED) is 0.209. The largest absolute Gasteiger partial charge is 0.484 e. The number of carbonyl (C=O) groups is 2. The SMILES string of the molecule is CCc1ccc(OCC(=O)NC(NC(=S)Nc2ccc(C(=O)OC)cc2)C(Cl)(Cl)Cl)cc1. The highest BCUT2D eigenvalue weighted by Gasteiger charge is 2.34. The lowest BCUT2D eigenvalue weighted by atomic mass is 10.2. The summed E-state index contributed by atoms with van der Waals surface area (Å²) in [7, 11) is 1.30. The van der Waals surface area contributed by atoms with Crippen molar-refractivity contribution in [1.82, 2.24) is 10.6 Å². The van der Waals surface area contributed by atoms with Gasteiger partial charge in [-0.05, 0) is 60.6 Å². The van der Waals surface area contributed by atoms with E-state index in [9.17, 15) is 9.59 Å². The van der Waals surface area contributed by atoms with Gasteiger partial charge in [-0.2, -0.15) is 0 Å². The average molecular weight is 519 g/mol. The van der Waals surface area contributed by atoms with Crippen LogP contribution in [0.5, 0.6) is 5.75 Å². The fourth-order valence-electron chi connectivity index (χ4n) is 2.48. The molecule has 2 aromatic rings. The topological polar surface area (TPSA) is 88.7 Å². The van der Waals surface area contributed by atoms with Crippen molar-refractivity contribution in [3.63, 3.8) is 0 Å². The second-order valence-corrected chi connectivity index (χ2v) is 9.27. The standard InChI is InChI=1S/C21H22Cl3N3O4S/c1-3-13-4-10-16(11-5-13)31-12-17(28)26-19(21(22,23)24)27-20(32)25-15-8-6-14(7-9-15)18(29)30-2/h4-11,19H,3,12H2,1-2H3,(H,26,28)(H2,25,27,32). The Morgan fingerprint density at radius 1 is 1.03 bits per heavy atom. The van der Waals surface area contributed by atoms with Crippen LogP contribution in [0.25, 0.3) is 0 Å². The Kier molecular flexibility index (Phi) is 9.84. The van der Waals surface area contributed by atoms with Gasteiger partial charge in [0.25, 0.3) is 5.91 Å². The monoisotopic (exact) mass is 517 g/mol. The zero-order valence-electron chi connectivity index (χ0n) is 17.3. The number of thiocarbonyl (C=S) groups is 1. The first-order valence-corrected chi connectivity index (χ1v) is 11.0. The van der Waals surface area contributed by atoms with E-state index in [-0.39, 0.29) is 11.7 Å². The number of anilines is 1. The van der Waals surface area contributed by atoms with Crippen LogP contribution in [0, 0.1) is 0 Å².